The summed E-state index contributed by atoms with van der Waals surface area (Å²) >= 11 is 0. The van der Waals surface area contributed by atoms with Gasteiger partial charge in [-0.1, -0.05) is 38.1 Å². The number of nitrogens with zero attached hydrogens (tertiary/aromatic N) is 1. The van der Waals surface area contributed by atoms with Crippen molar-refractivity contribution in [3.05, 3.63) is 59.7 Å². The summed E-state index contributed by atoms with van der Waals surface area (Å²) in [5.41, 5.74) is 1.67. The number of hydrogen-bond acceptors (Lipinski definition) is 7. The Morgan fingerprint density at radius 2 is 1.39 bits per heavy atom. The van der Waals surface area contributed by atoms with E-state index >= 15 is 0 Å². The minimum Gasteiger partial charge on any atom is -0.744 e. The fraction of sp³-hybridized carbons (Fsp3) is 0.567. The molecule has 41 heavy (non-hydrogen) atoms. The standard InChI is InChI=1S/C30H44N2O6S2.K/c1-8-22(24-11-15-27(16-12-24)40(36,37)38)17-21(2)23-9-13-26(14-10-23)39(34,35)20-28(33)31-25-18-29(3,4)32(7)30(5,6)19-25;/h9-16,21-22,25H,8,17-20H2,1-7H3,(H,31,33)(H,36,37,38);/q;+1/p-1. The zero-order valence-corrected chi connectivity index (χ0v) is 30.4. The van der Waals surface area contributed by atoms with E-state index in [1.807, 2.05) is 6.92 Å². The number of likely N-dealkylation sites (tertiary alicyclic amines) is 1. The molecule has 1 amide bonds. The molecule has 222 valence electrons. The first-order valence-electron chi connectivity index (χ1n) is 13.8. The summed E-state index contributed by atoms with van der Waals surface area (Å²) in [6.07, 6.45) is 3.07. The SMILES string of the molecule is CCC(CC(C)c1ccc(S(=O)(=O)CC(=O)NC2CC(C)(C)N(C)C(C)(C)C2)cc1)c1ccc(S(=O)(=O)[O-])cc1.[K+]. The molecule has 2 aromatic carbocycles. The van der Waals surface area contributed by atoms with Gasteiger partial charge in [0, 0.05) is 17.1 Å². The average molecular weight is 631 g/mol. The van der Waals surface area contributed by atoms with Crippen molar-refractivity contribution in [3.63, 3.8) is 0 Å². The van der Waals surface area contributed by atoms with Crippen molar-refractivity contribution in [3.8, 4) is 0 Å². The van der Waals surface area contributed by atoms with Gasteiger partial charge in [0.25, 0.3) is 0 Å². The summed E-state index contributed by atoms with van der Waals surface area (Å²) in [6, 6.07) is 12.6. The van der Waals surface area contributed by atoms with Crippen LogP contribution in [0.25, 0.3) is 0 Å². The Labute approximate surface area is 289 Å². The van der Waals surface area contributed by atoms with Crippen LogP contribution in [0.1, 0.15) is 90.2 Å². The second-order valence-corrected chi connectivity index (χ2v) is 15.8. The maximum absolute atomic E-state index is 13.0. The number of amides is 1. The first-order valence-corrected chi connectivity index (χ1v) is 16.8. The molecule has 2 unspecified atom stereocenters. The molecular formula is C30H43KN2O6S2. The molecule has 0 radical (unpaired) electrons. The average Bonchev–Trinajstić information content (AvgIpc) is 2.84. The van der Waals surface area contributed by atoms with Crippen LogP contribution in [0.2, 0.25) is 0 Å². The minimum atomic E-state index is -4.49. The van der Waals surface area contributed by atoms with Gasteiger partial charge >= 0.3 is 51.4 Å². The molecule has 0 bridgehead atoms. The topological polar surface area (TPSA) is 124 Å². The molecule has 1 N–H and O–H groups in total. The number of nitrogens with one attached hydrogen (secondary N) is 1. The van der Waals surface area contributed by atoms with Crippen molar-refractivity contribution < 1.29 is 77.6 Å². The van der Waals surface area contributed by atoms with Crippen molar-refractivity contribution in [2.24, 2.45) is 0 Å². The van der Waals surface area contributed by atoms with E-state index in [0.29, 0.717) is 0 Å². The van der Waals surface area contributed by atoms with E-state index in [4.69, 9.17) is 0 Å². The third-order valence-electron chi connectivity index (χ3n) is 8.57. The Balaban J connectivity index is 0.00000588. The predicted molar refractivity (Wildman–Crippen MR) is 156 cm³/mol. The molecule has 2 atom stereocenters. The van der Waals surface area contributed by atoms with Crippen molar-refractivity contribution >= 4 is 25.9 Å². The quantitative estimate of drug-likeness (QED) is 0.314. The van der Waals surface area contributed by atoms with Crippen LogP contribution in [0, 0.1) is 0 Å². The van der Waals surface area contributed by atoms with Crippen molar-refractivity contribution in [1.82, 2.24) is 10.2 Å². The molecule has 0 saturated carbocycles. The van der Waals surface area contributed by atoms with E-state index in [9.17, 15) is 26.2 Å². The number of sulfone groups is 1. The second-order valence-electron chi connectivity index (χ2n) is 12.4. The van der Waals surface area contributed by atoms with Crippen LogP contribution in [0.4, 0.5) is 0 Å². The Bertz CT molecular complexity index is 1390. The molecule has 0 spiro atoms. The smallest absolute Gasteiger partial charge is 0.744 e. The molecule has 2 aromatic rings. The third kappa shape index (κ3) is 9.43. The number of hydrogen-bond donors (Lipinski definition) is 1. The molecule has 3 rings (SSSR count). The van der Waals surface area contributed by atoms with Gasteiger partial charge in [-0.15, -0.1) is 0 Å². The second kappa shape index (κ2) is 14.0. The van der Waals surface area contributed by atoms with E-state index in [0.717, 1.165) is 36.8 Å². The fourth-order valence-electron chi connectivity index (χ4n) is 6.01. The van der Waals surface area contributed by atoms with Crippen LogP contribution in [0.3, 0.4) is 0 Å². The molecule has 11 heteroatoms. The van der Waals surface area contributed by atoms with Gasteiger partial charge in [0.1, 0.15) is 15.9 Å². The molecule has 1 saturated heterocycles. The number of benzene rings is 2. The Morgan fingerprint density at radius 1 is 0.927 bits per heavy atom. The van der Waals surface area contributed by atoms with Gasteiger partial charge < -0.3 is 9.87 Å². The van der Waals surface area contributed by atoms with Gasteiger partial charge in [-0.05, 0) is 108 Å². The van der Waals surface area contributed by atoms with Crippen LogP contribution in [-0.2, 0) is 24.7 Å². The van der Waals surface area contributed by atoms with Crippen molar-refractivity contribution in [2.45, 2.75) is 106 Å². The molecule has 1 aliphatic heterocycles. The Hall–Kier alpha value is -0.634. The molecule has 1 aliphatic rings. The largest absolute Gasteiger partial charge is 1.00 e. The van der Waals surface area contributed by atoms with E-state index in [-0.39, 0.29) is 90.1 Å². The first kappa shape index (κ1) is 36.6. The Morgan fingerprint density at radius 3 is 1.85 bits per heavy atom. The summed E-state index contributed by atoms with van der Waals surface area (Å²) < 4.78 is 59.8. The number of carbonyl (C=O) groups excluding carboxylic acids is 1. The van der Waals surface area contributed by atoms with Crippen LogP contribution in [-0.4, -0.2) is 62.1 Å². The molecule has 1 heterocycles. The normalized spacial score (nSPS) is 19.1. The molecule has 0 aromatic heterocycles. The summed E-state index contributed by atoms with van der Waals surface area (Å²) in [6.45, 7) is 12.6. The van der Waals surface area contributed by atoms with Crippen LogP contribution < -0.4 is 56.7 Å². The summed E-state index contributed by atoms with van der Waals surface area (Å²) in [5.74, 6) is -0.841. The van der Waals surface area contributed by atoms with E-state index in [1.165, 1.54) is 12.1 Å². The molecule has 0 aliphatic carbocycles. The predicted octanol–water partition coefficient (Wildman–Crippen LogP) is 1.82. The van der Waals surface area contributed by atoms with Crippen molar-refractivity contribution in [1.29, 1.82) is 0 Å². The van der Waals surface area contributed by atoms with Crippen molar-refractivity contribution in [2.75, 3.05) is 12.8 Å². The van der Waals surface area contributed by atoms with E-state index in [1.54, 1.807) is 36.4 Å². The number of carbonyl (C=O) groups is 1. The maximum Gasteiger partial charge on any atom is 1.00 e. The first-order chi connectivity index (χ1) is 18.4. The van der Waals surface area contributed by atoms with Gasteiger partial charge in [-0.3, -0.25) is 9.69 Å². The van der Waals surface area contributed by atoms with Gasteiger partial charge in [0.05, 0.1) is 9.79 Å². The summed E-state index contributed by atoms with van der Waals surface area (Å²) in [7, 11) is -6.21. The van der Waals surface area contributed by atoms with Gasteiger partial charge in [-0.25, -0.2) is 16.8 Å². The number of piperidine rings is 1. The summed E-state index contributed by atoms with van der Waals surface area (Å²) in [5, 5.41) is 2.97. The third-order valence-corrected chi connectivity index (χ3v) is 11.1. The Kier molecular flexibility index (Phi) is 12.5. The van der Waals surface area contributed by atoms with E-state index in [2.05, 4.69) is 51.9 Å². The van der Waals surface area contributed by atoms with Crippen LogP contribution in [0.15, 0.2) is 58.3 Å². The minimum absolute atomic E-state index is 0. The zero-order valence-electron chi connectivity index (χ0n) is 25.6. The molecular weight excluding hydrogens is 588 g/mol. The molecule has 8 nitrogen and oxygen atoms in total. The monoisotopic (exact) mass is 630 g/mol. The molecule has 1 fully saturated rings. The number of rotatable bonds is 10. The van der Waals surface area contributed by atoms with Gasteiger partial charge in [0.15, 0.2) is 9.84 Å². The zero-order chi connectivity index (χ0) is 30.1. The van der Waals surface area contributed by atoms with Gasteiger partial charge in [0.2, 0.25) is 5.91 Å². The summed E-state index contributed by atoms with van der Waals surface area (Å²) in [4.78, 5) is 15.0. The van der Waals surface area contributed by atoms with Gasteiger partial charge in [-0.2, -0.15) is 0 Å². The van der Waals surface area contributed by atoms with E-state index < -0.39 is 31.6 Å². The van der Waals surface area contributed by atoms with Crippen LogP contribution in [0.5, 0.6) is 0 Å². The fourth-order valence-corrected chi connectivity index (χ4v) is 7.63. The van der Waals surface area contributed by atoms with Crippen LogP contribution >= 0.6 is 0 Å². The maximum atomic E-state index is 13.0.